The molecule has 0 saturated carbocycles. The van der Waals surface area contributed by atoms with Gasteiger partial charge in [0.1, 0.15) is 0 Å². The van der Waals surface area contributed by atoms with Crippen molar-refractivity contribution in [2.24, 2.45) is 5.73 Å². The van der Waals surface area contributed by atoms with Crippen LogP contribution in [0.1, 0.15) is 32.3 Å². The lowest BCUT2D eigenvalue weighted by Gasteiger charge is -2.39. The second-order valence-electron chi connectivity index (χ2n) is 7.19. The van der Waals surface area contributed by atoms with Crippen molar-refractivity contribution < 1.29 is 14.2 Å². The Morgan fingerprint density at radius 1 is 1.14 bits per heavy atom. The predicted octanol–water partition coefficient (Wildman–Crippen LogP) is 0.753. The zero-order valence-corrected chi connectivity index (χ0v) is 17.8. The lowest BCUT2D eigenvalue weighted by molar-refractivity contribution is 0.218. The molecule has 0 aromatic heterocycles. The fourth-order valence-corrected chi connectivity index (χ4v) is 3.52. The normalized spacial score (nSPS) is 23.3. The van der Waals surface area contributed by atoms with Gasteiger partial charge in [0.15, 0.2) is 11.5 Å². The lowest BCUT2D eigenvalue weighted by atomic mass is 10.0. The Kier molecular flexibility index (Phi) is 9.27. The standard InChI is InChI=1S/C20H37N5O3/c1-6-7-8-22-17(25-18-13(2)23-12-24-20(18)21)11-14-9-15(26-3)19(28-5)16(10-14)27-4/h9-10,13,17-18,20,22-25H,6-8,11-12,21H2,1-5H3/t13-,17?,18?,20?/m1/s1. The Hall–Kier alpha value is -1.58. The maximum atomic E-state index is 6.30. The molecule has 28 heavy (non-hydrogen) atoms. The third-order valence-electron chi connectivity index (χ3n) is 5.17. The van der Waals surface area contributed by atoms with E-state index in [1.54, 1.807) is 21.3 Å². The first-order valence-electron chi connectivity index (χ1n) is 10.0. The van der Waals surface area contributed by atoms with E-state index in [2.05, 4.69) is 35.1 Å². The van der Waals surface area contributed by atoms with Gasteiger partial charge < -0.3 is 30.6 Å². The van der Waals surface area contributed by atoms with Crippen molar-refractivity contribution in [2.75, 3.05) is 34.5 Å². The van der Waals surface area contributed by atoms with Gasteiger partial charge in [0.25, 0.3) is 0 Å². The van der Waals surface area contributed by atoms with Gasteiger partial charge in [0, 0.05) is 19.1 Å². The molecule has 1 heterocycles. The minimum Gasteiger partial charge on any atom is -0.493 e. The predicted molar refractivity (Wildman–Crippen MR) is 112 cm³/mol. The first kappa shape index (κ1) is 22.7. The minimum atomic E-state index is -0.105. The van der Waals surface area contributed by atoms with Crippen LogP contribution in [0.4, 0.5) is 0 Å². The number of ether oxygens (including phenoxy) is 3. The van der Waals surface area contributed by atoms with Crippen LogP contribution in [0.15, 0.2) is 12.1 Å². The van der Waals surface area contributed by atoms with E-state index in [1.165, 1.54) is 0 Å². The number of nitrogens with two attached hydrogens (primary N) is 1. The summed E-state index contributed by atoms with van der Waals surface area (Å²) >= 11 is 0. The first-order valence-corrected chi connectivity index (χ1v) is 10.0. The van der Waals surface area contributed by atoms with Crippen molar-refractivity contribution in [3.63, 3.8) is 0 Å². The van der Waals surface area contributed by atoms with E-state index in [4.69, 9.17) is 19.9 Å². The van der Waals surface area contributed by atoms with E-state index in [0.717, 1.165) is 38.0 Å². The third kappa shape index (κ3) is 5.96. The Bertz CT molecular complexity index is 566. The average molecular weight is 396 g/mol. The molecule has 4 atom stereocenters. The average Bonchev–Trinajstić information content (AvgIpc) is 2.69. The number of hydrogen-bond donors (Lipinski definition) is 5. The van der Waals surface area contributed by atoms with Crippen LogP contribution >= 0.6 is 0 Å². The molecule has 0 spiro atoms. The van der Waals surface area contributed by atoms with Gasteiger partial charge >= 0.3 is 0 Å². The topological polar surface area (TPSA) is 102 Å². The molecule has 2 rings (SSSR count). The molecule has 160 valence electrons. The zero-order chi connectivity index (χ0) is 20.5. The summed E-state index contributed by atoms with van der Waals surface area (Å²) in [5.41, 5.74) is 7.39. The SMILES string of the molecule is CCCCNC(Cc1cc(OC)c(OC)c(OC)c1)NC1C(N)NCN[C@@H]1C. The smallest absolute Gasteiger partial charge is 0.203 e. The van der Waals surface area contributed by atoms with Crippen LogP contribution in [0.5, 0.6) is 17.2 Å². The summed E-state index contributed by atoms with van der Waals surface area (Å²) in [5.74, 6) is 1.93. The molecule has 8 heteroatoms. The summed E-state index contributed by atoms with van der Waals surface area (Å²) < 4.78 is 16.4. The van der Waals surface area contributed by atoms with Gasteiger partial charge in [-0.25, -0.2) is 0 Å². The van der Waals surface area contributed by atoms with Crippen LogP contribution in [0.2, 0.25) is 0 Å². The molecule has 0 amide bonds. The number of methoxy groups -OCH3 is 3. The number of nitrogens with one attached hydrogen (secondary N) is 4. The number of unbranched alkanes of at least 4 members (excludes halogenated alkanes) is 1. The van der Waals surface area contributed by atoms with Crippen molar-refractivity contribution >= 4 is 0 Å². The molecule has 6 N–H and O–H groups in total. The third-order valence-corrected chi connectivity index (χ3v) is 5.17. The summed E-state index contributed by atoms with van der Waals surface area (Å²) in [6, 6.07) is 4.37. The summed E-state index contributed by atoms with van der Waals surface area (Å²) in [6.45, 7) is 6.01. The molecule has 1 fully saturated rings. The number of hydrogen-bond acceptors (Lipinski definition) is 8. The van der Waals surface area contributed by atoms with Crippen molar-refractivity contribution in [3.05, 3.63) is 17.7 Å². The van der Waals surface area contributed by atoms with Crippen LogP contribution in [0.25, 0.3) is 0 Å². The first-order chi connectivity index (χ1) is 13.5. The zero-order valence-electron chi connectivity index (χ0n) is 17.8. The quantitative estimate of drug-likeness (QED) is 0.276. The van der Waals surface area contributed by atoms with Crippen LogP contribution in [-0.2, 0) is 6.42 Å². The molecule has 1 saturated heterocycles. The largest absolute Gasteiger partial charge is 0.493 e. The molecule has 1 aromatic rings. The van der Waals surface area contributed by atoms with E-state index in [0.29, 0.717) is 17.2 Å². The number of benzene rings is 1. The van der Waals surface area contributed by atoms with Crippen molar-refractivity contribution in [1.82, 2.24) is 21.3 Å². The van der Waals surface area contributed by atoms with Crippen LogP contribution < -0.4 is 41.2 Å². The van der Waals surface area contributed by atoms with Crippen LogP contribution in [-0.4, -0.2) is 59.0 Å². The highest BCUT2D eigenvalue weighted by molar-refractivity contribution is 5.54. The second kappa shape index (κ2) is 11.4. The molecule has 3 unspecified atom stereocenters. The highest BCUT2D eigenvalue weighted by Crippen LogP contribution is 2.38. The Labute approximate surface area is 168 Å². The molecule has 1 aromatic carbocycles. The van der Waals surface area contributed by atoms with Crippen molar-refractivity contribution in [3.8, 4) is 17.2 Å². The van der Waals surface area contributed by atoms with Gasteiger partial charge in [-0.1, -0.05) is 13.3 Å². The molecular formula is C20H37N5O3. The van der Waals surface area contributed by atoms with E-state index in [9.17, 15) is 0 Å². The van der Waals surface area contributed by atoms with E-state index >= 15 is 0 Å². The Balaban J connectivity index is 2.19. The number of rotatable bonds is 11. The summed E-state index contributed by atoms with van der Waals surface area (Å²) in [6.07, 6.45) is 2.99. The molecule has 0 aliphatic carbocycles. The van der Waals surface area contributed by atoms with Crippen molar-refractivity contribution in [1.29, 1.82) is 0 Å². The van der Waals surface area contributed by atoms with Gasteiger partial charge in [0.05, 0.1) is 39.7 Å². The van der Waals surface area contributed by atoms with Gasteiger partial charge in [-0.05, 0) is 37.6 Å². The highest BCUT2D eigenvalue weighted by atomic mass is 16.5. The molecule has 1 aliphatic heterocycles. The van der Waals surface area contributed by atoms with Crippen molar-refractivity contribution in [2.45, 2.75) is 57.5 Å². The van der Waals surface area contributed by atoms with Gasteiger partial charge in [0.2, 0.25) is 5.75 Å². The summed E-state index contributed by atoms with van der Waals surface area (Å²) in [5, 5.41) is 14.0. The van der Waals surface area contributed by atoms with Gasteiger partial charge in [-0.3, -0.25) is 10.6 Å². The van der Waals surface area contributed by atoms with E-state index < -0.39 is 0 Å². The maximum absolute atomic E-state index is 6.30. The molecular weight excluding hydrogens is 358 g/mol. The Morgan fingerprint density at radius 2 is 1.82 bits per heavy atom. The maximum Gasteiger partial charge on any atom is 0.203 e. The van der Waals surface area contributed by atoms with Gasteiger partial charge in [-0.15, -0.1) is 0 Å². The summed E-state index contributed by atoms with van der Waals surface area (Å²) in [7, 11) is 4.88. The molecule has 1 aliphatic rings. The molecule has 0 radical (unpaired) electrons. The minimum absolute atomic E-state index is 0.0644. The highest BCUT2D eigenvalue weighted by Gasteiger charge is 2.29. The van der Waals surface area contributed by atoms with Crippen LogP contribution in [0.3, 0.4) is 0 Å². The fourth-order valence-electron chi connectivity index (χ4n) is 3.52. The van der Waals surface area contributed by atoms with Gasteiger partial charge in [-0.2, -0.15) is 0 Å². The van der Waals surface area contributed by atoms with E-state index in [-0.39, 0.29) is 24.4 Å². The Morgan fingerprint density at radius 3 is 2.36 bits per heavy atom. The molecule has 0 bridgehead atoms. The van der Waals surface area contributed by atoms with Crippen LogP contribution in [0, 0.1) is 0 Å². The van der Waals surface area contributed by atoms with E-state index in [1.807, 2.05) is 12.1 Å². The fraction of sp³-hybridized carbons (Fsp3) is 0.700. The monoisotopic (exact) mass is 395 g/mol. The molecule has 8 nitrogen and oxygen atoms in total. The second-order valence-corrected chi connectivity index (χ2v) is 7.19. The summed E-state index contributed by atoms with van der Waals surface area (Å²) in [4.78, 5) is 0. The lowest BCUT2D eigenvalue weighted by Crippen LogP contribution is -2.70.